The van der Waals surface area contributed by atoms with Gasteiger partial charge in [0.25, 0.3) is 5.69 Å². The maximum absolute atomic E-state index is 10.8. The molecule has 20 heavy (non-hydrogen) atoms. The molecule has 0 aliphatic carbocycles. The molecule has 1 aromatic carbocycles. The Morgan fingerprint density at radius 2 is 2.15 bits per heavy atom. The van der Waals surface area contributed by atoms with Crippen molar-refractivity contribution in [3.05, 3.63) is 56.2 Å². The van der Waals surface area contributed by atoms with Crippen LogP contribution in [0, 0.1) is 24.0 Å². The van der Waals surface area contributed by atoms with Crippen molar-refractivity contribution in [1.29, 1.82) is 0 Å². The van der Waals surface area contributed by atoms with Crippen LogP contribution in [0.4, 0.5) is 5.69 Å². The van der Waals surface area contributed by atoms with Gasteiger partial charge in [-0.1, -0.05) is 0 Å². The first kappa shape index (κ1) is 12.8. The van der Waals surface area contributed by atoms with Gasteiger partial charge in [-0.3, -0.25) is 10.1 Å². The number of nitrogens with zero attached hydrogens (tertiary/aromatic N) is 3. The molecule has 0 saturated carbocycles. The number of non-ortho nitro benzene ring substituents is 1. The average molecular weight is 287 g/mol. The number of aryl methyl sites for hydroxylation is 2. The highest BCUT2D eigenvalue weighted by molar-refractivity contribution is 7.11. The molecule has 0 bridgehead atoms. The van der Waals surface area contributed by atoms with E-state index >= 15 is 0 Å². The van der Waals surface area contributed by atoms with Crippen molar-refractivity contribution >= 4 is 27.9 Å². The highest BCUT2D eigenvalue weighted by Crippen LogP contribution is 2.24. The monoisotopic (exact) mass is 287 g/mol. The molecule has 0 unspecified atom stereocenters. The third-order valence-electron chi connectivity index (χ3n) is 3.34. The normalized spacial score (nSPS) is 11.1. The van der Waals surface area contributed by atoms with E-state index in [1.807, 2.05) is 19.2 Å². The van der Waals surface area contributed by atoms with Gasteiger partial charge in [0.15, 0.2) is 0 Å². The number of nitro benzene ring substituents is 1. The van der Waals surface area contributed by atoms with E-state index in [-0.39, 0.29) is 10.6 Å². The van der Waals surface area contributed by atoms with E-state index in [9.17, 15) is 10.1 Å². The minimum absolute atomic E-state index is 0.121. The smallest absolute Gasteiger partial charge is 0.270 e. The summed E-state index contributed by atoms with van der Waals surface area (Å²) in [6, 6.07) is 6.83. The van der Waals surface area contributed by atoms with Crippen molar-refractivity contribution in [3.63, 3.8) is 0 Å². The molecule has 5 nitrogen and oxygen atoms in total. The number of hydrogen-bond donors (Lipinski definition) is 0. The SMILES string of the molecule is Cc1nc(Cn2ccc3cc([N+](=O)[O-])ccc32)sc1C. The van der Waals surface area contributed by atoms with E-state index in [4.69, 9.17) is 0 Å². The van der Waals surface area contributed by atoms with Crippen molar-refractivity contribution in [2.24, 2.45) is 0 Å². The molecular formula is C14H13N3O2S. The minimum Gasteiger partial charge on any atom is -0.341 e. The molecule has 102 valence electrons. The van der Waals surface area contributed by atoms with Crippen LogP contribution >= 0.6 is 11.3 Å². The molecule has 0 aliphatic heterocycles. The Hall–Kier alpha value is -2.21. The van der Waals surface area contributed by atoms with E-state index in [0.29, 0.717) is 6.54 Å². The molecular weight excluding hydrogens is 274 g/mol. The second-order valence-corrected chi connectivity index (χ2v) is 5.98. The van der Waals surface area contributed by atoms with Gasteiger partial charge in [-0.15, -0.1) is 11.3 Å². The van der Waals surface area contributed by atoms with Crippen LogP contribution in [0.2, 0.25) is 0 Å². The third-order valence-corrected chi connectivity index (χ3v) is 4.40. The Morgan fingerprint density at radius 3 is 2.80 bits per heavy atom. The maximum atomic E-state index is 10.8. The molecule has 6 heteroatoms. The van der Waals surface area contributed by atoms with E-state index in [1.165, 1.54) is 10.9 Å². The van der Waals surface area contributed by atoms with Crippen molar-refractivity contribution in [2.45, 2.75) is 20.4 Å². The number of rotatable bonds is 3. The molecule has 2 heterocycles. The molecule has 3 rings (SSSR count). The van der Waals surface area contributed by atoms with Gasteiger partial charge >= 0.3 is 0 Å². The summed E-state index contributed by atoms with van der Waals surface area (Å²) in [5, 5.41) is 12.7. The molecule has 0 amide bonds. The summed E-state index contributed by atoms with van der Waals surface area (Å²) in [7, 11) is 0. The van der Waals surface area contributed by atoms with Gasteiger partial charge in [-0.05, 0) is 26.0 Å². The summed E-state index contributed by atoms with van der Waals surface area (Å²) >= 11 is 1.69. The fraction of sp³-hybridized carbons (Fsp3) is 0.214. The van der Waals surface area contributed by atoms with Gasteiger partial charge in [0.2, 0.25) is 0 Å². The summed E-state index contributed by atoms with van der Waals surface area (Å²) in [6.07, 6.45) is 1.94. The van der Waals surface area contributed by atoms with Crippen LogP contribution in [0.1, 0.15) is 15.6 Å². The molecule has 3 aromatic rings. The second-order valence-electron chi connectivity index (χ2n) is 4.69. The molecule has 2 aromatic heterocycles. The molecule has 0 spiro atoms. The van der Waals surface area contributed by atoms with E-state index in [0.717, 1.165) is 21.6 Å². The van der Waals surface area contributed by atoms with Crippen LogP contribution in [0.5, 0.6) is 0 Å². The van der Waals surface area contributed by atoms with Crippen molar-refractivity contribution in [2.75, 3.05) is 0 Å². The van der Waals surface area contributed by atoms with Crippen LogP contribution in [-0.4, -0.2) is 14.5 Å². The molecule has 0 fully saturated rings. The van der Waals surface area contributed by atoms with Crippen LogP contribution in [0.3, 0.4) is 0 Å². The van der Waals surface area contributed by atoms with Crippen LogP contribution < -0.4 is 0 Å². The molecule has 0 radical (unpaired) electrons. The summed E-state index contributed by atoms with van der Waals surface area (Å²) in [5.74, 6) is 0. The molecule has 0 saturated heterocycles. The van der Waals surface area contributed by atoms with Gasteiger partial charge < -0.3 is 4.57 Å². The summed E-state index contributed by atoms with van der Waals surface area (Å²) < 4.78 is 2.07. The minimum atomic E-state index is -0.371. The first-order chi connectivity index (χ1) is 9.54. The third kappa shape index (κ3) is 2.18. The number of benzene rings is 1. The lowest BCUT2D eigenvalue weighted by atomic mass is 10.2. The van der Waals surface area contributed by atoms with E-state index < -0.39 is 0 Å². The zero-order valence-electron chi connectivity index (χ0n) is 11.2. The maximum Gasteiger partial charge on any atom is 0.270 e. The van der Waals surface area contributed by atoms with Gasteiger partial charge in [0.1, 0.15) is 5.01 Å². The average Bonchev–Trinajstić information content (AvgIpc) is 2.94. The van der Waals surface area contributed by atoms with Crippen molar-refractivity contribution in [1.82, 2.24) is 9.55 Å². The van der Waals surface area contributed by atoms with Crippen molar-refractivity contribution in [3.8, 4) is 0 Å². The summed E-state index contributed by atoms with van der Waals surface area (Å²) in [6.45, 7) is 4.76. The Morgan fingerprint density at radius 1 is 1.35 bits per heavy atom. The number of aromatic nitrogens is 2. The molecule has 0 aliphatic rings. The second kappa shape index (κ2) is 4.72. The number of fused-ring (bicyclic) bond motifs is 1. The highest BCUT2D eigenvalue weighted by Gasteiger charge is 2.10. The number of nitro groups is 1. The van der Waals surface area contributed by atoms with E-state index in [2.05, 4.69) is 16.5 Å². The standard InChI is InChI=1S/C14H13N3O2S/c1-9-10(2)20-14(15-9)8-16-6-5-11-7-12(17(18)19)3-4-13(11)16/h3-7H,8H2,1-2H3. The number of hydrogen-bond acceptors (Lipinski definition) is 4. The summed E-state index contributed by atoms with van der Waals surface area (Å²) in [5.41, 5.74) is 2.18. The fourth-order valence-electron chi connectivity index (χ4n) is 2.19. The largest absolute Gasteiger partial charge is 0.341 e. The molecule has 0 N–H and O–H groups in total. The lowest BCUT2D eigenvalue weighted by Crippen LogP contribution is -1.97. The quantitative estimate of drug-likeness (QED) is 0.545. The first-order valence-corrected chi connectivity index (χ1v) is 7.02. The number of thiazole rings is 1. The van der Waals surface area contributed by atoms with Gasteiger partial charge in [0, 0.05) is 34.1 Å². The lowest BCUT2D eigenvalue weighted by molar-refractivity contribution is -0.384. The zero-order valence-corrected chi connectivity index (χ0v) is 12.0. The first-order valence-electron chi connectivity index (χ1n) is 6.21. The van der Waals surface area contributed by atoms with Crippen molar-refractivity contribution < 1.29 is 4.92 Å². The van der Waals surface area contributed by atoms with Crippen LogP contribution in [-0.2, 0) is 6.54 Å². The topological polar surface area (TPSA) is 61.0 Å². The summed E-state index contributed by atoms with van der Waals surface area (Å²) in [4.78, 5) is 16.2. The van der Waals surface area contributed by atoms with Gasteiger partial charge in [-0.25, -0.2) is 4.98 Å². The predicted molar refractivity (Wildman–Crippen MR) is 79.3 cm³/mol. The van der Waals surface area contributed by atoms with Crippen LogP contribution in [0.25, 0.3) is 10.9 Å². The van der Waals surface area contributed by atoms with Gasteiger partial charge in [0.05, 0.1) is 17.2 Å². The highest BCUT2D eigenvalue weighted by atomic mass is 32.1. The lowest BCUT2D eigenvalue weighted by Gasteiger charge is -2.02. The molecule has 0 atom stereocenters. The Kier molecular flexibility index (Phi) is 3.02. The van der Waals surface area contributed by atoms with E-state index in [1.54, 1.807) is 23.5 Å². The predicted octanol–water partition coefficient (Wildman–Crippen LogP) is 3.67. The Labute approximate surface area is 119 Å². The zero-order chi connectivity index (χ0) is 14.3. The van der Waals surface area contributed by atoms with Crippen LogP contribution in [0.15, 0.2) is 30.5 Å². The Balaban J connectivity index is 1.98. The Bertz CT molecular complexity index is 784. The van der Waals surface area contributed by atoms with Gasteiger partial charge in [-0.2, -0.15) is 0 Å². The fourth-order valence-corrected chi connectivity index (χ4v) is 3.12.